The summed E-state index contributed by atoms with van der Waals surface area (Å²) in [7, 11) is 1.69. The summed E-state index contributed by atoms with van der Waals surface area (Å²) in [5, 5.41) is 0. The number of ether oxygens (including phenoxy) is 1. The van der Waals surface area contributed by atoms with Gasteiger partial charge in [-0.25, -0.2) is 4.39 Å². The van der Waals surface area contributed by atoms with Crippen LogP contribution in [0.25, 0.3) is 0 Å². The highest BCUT2D eigenvalue weighted by atomic mass is 19.1. The van der Waals surface area contributed by atoms with Crippen molar-refractivity contribution in [2.24, 2.45) is 11.8 Å². The van der Waals surface area contributed by atoms with E-state index in [1.807, 2.05) is 17.0 Å². The summed E-state index contributed by atoms with van der Waals surface area (Å²) in [6, 6.07) is 7.02. The van der Waals surface area contributed by atoms with E-state index in [9.17, 15) is 9.18 Å². The van der Waals surface area contributed by atoms with Crippen molar-refractivity contribution in [3.05, 3.63) is 35.6 Å². The van der Waals surface area contributed by atoms with E-state index in [4.69, 9.17) is 4.74 Å². The number of benzene rings is 1. The largest absolute Gasteiger partial charge is 0.383 e. The number of nitrogens with zero attached hydrogens (tertiary/aromatic N) is 2. The standard InChI is InChI=1S/C21H31FN2O2/c1-26-13-12-24(21(25)14-17-6-7-17)15-18-8-10-23(11-9-18)16-19-4-2-3-5-20(19)22/h2-5,17-18H,6-16H2,1H3. The van der Waals surface area contributed by atoms with Gasteiger partial charge in [0.2, 0.25) is 5.91 Å². The molecule has 0 N–H and O–H groups in total. The van der Waals surface area contributed by atoms with Crippen LogP contribution in [0.4, 0.5) is 4.39 Å². The van der Waals surface area contributed by atoms with E-state index in [1.54, 1.807) is 13.2 Å². The van der Waals surface area contributed by atoms with Crippen LogP contribution in [0.3, 0.4) is 0 Å². The van der Waals surface area contributed by atoms with Gasteiger partial charge in [0.15, 0.2) is 0 Å². The van der Waals surface area contributed by atoms with E-state index in [0.717, 1.165) is 38.0 Å². The second-order valence-corrected chi connectivity index (χ2v) is 7.79. The Morgan fingerprint density at radius 3 is 2.58 bits per heavy atom. The molecule has 1 aromatic rings. The topological polar surface area (TPSA) is 32.8 Å². The van der Waals surface area contributed by atoms with Crippen molar-refractivity contribution in [1.82, 2.24) is 9.80 Å². The first-order valence-corrected chi connectivity index (χ1v) is 9.88. The minimum Gasteiger partial charge on any atom is -0.383 e. The Bertz CT molecular complexity index is 583. The van der Waals surface area contributed by atoms with Crippen LogP contribution in [0, 0.1) is 17.7 Å². The fraction of sp³-hybridized carbons (Fsp3) is 0.667. The molecule has 0 unspecified atom stereocenters. The van der Waals surface area contributed by atoms with Gasteiger partial charge in [-0.3, -0.25) is 9.69 Å². The number of rotatable bonds is 9. The molecule has 0 aromatic heterocycles. The summed E-state index contributed by atoms with van der Waals surface area (Å²) >= 11 is 0. The van der Waals surface area contributed by atoms with Gasteiger partial charge in [0.1, 0.15) is 5.82 Å². The highest BCUT2D eigenvalue weighted by Gasteiger charge is 2.29. The van der Waals surface area contributed by atoms with Crippen molar-refractivity contribution < 1.29 is 13.9 Å². The molecule has 3 rings (SSSR count). The SMILES string of the molecule is COCCN(CC1CCN(Cc2ccccc2F)CC1)C(=O)CC1CC1. The van der Waals surface area contributed by atoms with Crippen LogP contribution in [0.2, 0.25) is 0 Å². The zero-order chi connectivity index (χ0) is 18.4. The third-order valence-corrected chi connectivity index (χ3v) is 5.62. The Labute approximate surface area is 156 Å². The van der Waals surface area contributed by atoms with Crippen molar-refractivity contribution in [3.8, 4) is 0 Å². The van der Waals surface area contributed by atoms with Crippen molar-refractivity contribution in [3.63, 3.8) is 0 Å². The maximum absolute atomic E-state index is 13.8. The predicted molar refractivity (Wildman–Crippen MR) is 100 cm³/mol. The summed E-state index contributed by atoms with van der Waals surface area (Å²) in [5.41, 5.74) is 0.771. The molecule has 1 heterocycles. The van der Waals surface area contributed by atoms with E-state index >= 15 is 0 Å². The molecule has 2 aliphatic rings. The van der Waals surface area contributed by atoms with Gasteiger partial charge >= 0.3 is 0 Å². The van der Waals surface area contributed by atoms with Crippen LogP contribution in [0.5, 0.6) is 0 Å². The van der Waals surface area contributed by atoms with Gasteiger partial charge in [-0.1, -0.05) is 18.2 Å². The fourth-order valence-corrected chi connectivity index (χ4v) is 3.72. The first-order valence-electron chi connectivity index (χ1n) is 9.88. The molecule has 1 saturated heterocycles. The van der Waals surface area contributed by atoms with E-state index in [1.165, 1.54) is 18.9 Å². The normalized spacial score (nSPS) is 18.8. The summed E-state index contributed by atoms with van der Waals surface area (Å²) in [6.07, 6.45) is 5.25. The molecule has 0 bridgehead atoms. The molecular formula is C21H31FN2O2. The summed E-state index contributed by atoms with van der Waals surface area (Å²) in [6.45, 7) is 4.73. The number of likely N-dealkylation sites (tertiary alicyclic amines) is 1. The van der Waals surface area contributed by atoms with Crippen LogP contribution in [-0.2, 0) is 16.1 Å². The summed E-state index contributed by atoms with van der Waals surface area (Å²) in [5.74, 6) is 1.33. The number of hydrogen-bond donors (Lipinski definition) is 0. The fourth-order valence-electron chi connectivity index (χ4n) is 3.72. The number of hydrogen-bond acceptors (Lipinski definition) is 3. The molecule has 0 spiro atoms. The lowest BCUT2D eigenvalue weighted by Gasteiger charge is -2.35. The average molecular weight is 362 g/mol. The molecular weight excluding hydrogens is 331 g/mol. The third kappa shape index (κ3) is 5.78. The number of methoxy groups -OCH3 is 1. The highest BCUT2D eigenvalue weighted by molar-refractivity contribution is 5.76. The van der Waals surface area contributed by atoms with Gasteiger partial charge in [0.05, 0.1) is 6.61 Å². The zero-order valence-corrected chi connectivity index (χ0v) is 15.8. The van der Waals surface area contributed by atoms with Crippen LogP contribution in [0.15, 0.2) is 24.3 Å². The van der Waals surface area contributed by atoms with E-state index in [2.05, 4.69) is 4.90 Å². The van der Waals surface area contributed by atoms with E-state index in [-0.39, 0.29) is 5.82 Å². The van der Waals surface area contributed by atoms with Crippen LogP contribution < -0.4 is 0 Å². The smallest absolute Gasteiger partial charge is 0.222 e. The van der Waals surface area contributed by atoms with E-state index < -0.39 is 0 Å². The Balaban J connectivity index is 1.46. The average Bonchev–Trinajstić information content (AvgIpc) is 3.46. The van der Waals surface area contributed by atoms with Gasteiger partial charge in [-0.2, -0.15) is 0 Å². The van der Waals surface area contributed by atoms with Crippen molar-refractivity contribution in [1.29, 1.82) is 0 Å². The van der Waals surface area contributed by atoms with Gasteiger partial charge < -0.3 is 9.64 Å². The number of carbonyl (C=O) groups is 1. The van der Waals surface area contributed by atoms with Crippen LogP contribution in [0.1, 0.15) is 37.7 Å². The van der Waals surface area contributed by atoms with E-state index in [0.29, 0.717) is 43.9 Å². The lowest BCUT2D eigenvalue weighted by Crippen LogP contribution is -2.42. The van der Waals surface area contributed by atoms with Gasteiger partial charge in [0.25, 0.3) is 0 Å². The monoisotopic (exact) mass is 362 g/mol. The Morgan fingerprint density at radius 2 is 1.92 bits per heavy atom. The first-order chi connectivity index (χ1) is 12.7. The molecule has 1 aliphatic carbocycles. The second kappa shape index (κ2) is 9.47. The third-order valence-electron chi connectivity index (χ3n) is 5.62. The molecule has 5 heteroatoms. The van der Waals surface area contributed by atoms with Gasteiger partial charge in [-0.05, 0) is 56.7 Å². The number of piperidine rings is 1. The number of amides is 1. The molecule has 1 aromatic carbocycles. The number of halogens is 1. The quantitative estimate of drug-likeness (QED) is 0.676. The molecule has 144 valence electrons. The first kappa shape index (κ1) is 19.3. The molecule has 1 saturated carbocycles. The molecule has 4 nitrogen and oxygen atoms in total. The molecule has 26 heavy (non-hydrogen) atoms. The summed E-state index contributed by atoms with van der Waals surface area (Å²) < 4.78 is 19.0. The van der Waals surface area contributed by atoms with Gasteiger partial charge in [-0.15, -0.1) is 0 Å². The maximum atomic E-state index is 13.8. The maximum Gasteiger partial charge on any atom is 0.222 e. The molecule has 1 amide bonds. The minimum atomic E-state index is -0.119. The highest BCUT2D eigenvalue weighted by Crippen LogP contribution is 2.33. The van der Waals surface area contributed by atoms with Crippen molar-refractivity contribution >= 4 is 5.91 Å². The Morgan fingerprint density at radius 1 is 1.19 bits per heavy atom. The van der Waals surface area contributed by atoms with Crippen molar-refractivity contribution in [2.75, 3.05) is 39.9 Å². The lowest BCUT2D eigenvalue weighted by atomic mass is 9.95. The minimum absolute atomic E-state index is 0.119. The Kier molecular flexibility index (Phi) is 7.03. The van der Waals surface area contributed by atoms with Crippen LogP contribution >= 0.6 is 0 Å². The van der Waals surface area contributed by atoms with Crippen molar-refractivity contribution in [2.45, 2.75) is 38.6 Å². The molecule has 2 fully saturated rings. The van der Waals surface area contributed by atoms with Gasteiger partial charge in [0, 0.05) is 38.7 Å². The molecule has 1 aliphatic heterocycles. The Hall–Kier alpha value is -1.46. The summed E-state index contributed by atoms with van der Waals surface area (Å²) in [4.78, 5) is 16.9. The molecule has 0 radical (unpaired) electrons. The molecule has 0 atom stereocenters. The lowest BCUT2D eigenvalue weighted by molar-refractivity contribution is -0.133. The zero-order valence-electron chi connectivity index (χ0n) is 15.8. The number of carbonyl (C=O) groups excluding carboxylic acids is 1. The second-order valence-electron chi connectivity index (χ2n) is 7.79. The van der Waals surface area contributed by atoms with Crippen LogP contribution in [-0.4, -0.2) is 55.6 Å². The predicted octanol–water partition coefficient (Wildman–Crippen LogP) is 3.31.